The molecule has 13 nitrogen and oxygen atoms in total. The van der Waals surface area contributed by atoms with Crippen LogP contribution in [0.1, 0.15) is 34.2 Å². The SMILES string of the molecule is COc1cc(Nc2nccc(N(Cc3cc(F)cc4c3OCOC4)C(=O)Oc3c(C)cc(C)cc3C)n2)cc(OCCCN2CCN(C)CC2)c1OC. The predicted octanol–water partition coefficient (Wildman–Crippen LogP) is 6.39. The molecule has 0 atom stereocenters. The van der Waals surface area contributed by atoms with Gasteiger partial charge in [-0.1, -0.05) is 17.7 Å². The van der Waals surface area contributed by atoms with E-state index < -0.39 is 11.9 Å². The van der Waals surface area contributed by atoms with E-state index >= 15 is 0 Å². The first-order valence-corrected chi connectivity index (χ1v) is 17.6. The molecule has 0 unspecified atom stereocenters. The minimum Gasteiger partial charge on any atom is -0.493 e. The Morgan fingerprint density at radius 3 is 2.47 bits per heavy atom. The van der Waals surface area contributed by atoms with E-state index in [2.05, 4.69) is 27.1 Å². The van der Waals surface area contributed by atoms with Crippen LogP contribution >= 0.6 is 0 Å². The fourth-order valence-electron chi connectivity index (χ4n) is 6.59. The number of piperazine rings is 1. The van der Waals surface area contributed by atoms with Crippen LogP contribution in [0.5, 0.6) is 28.7 Å². The van der Waals surface area contributed by atoms with E-state index in [4.69, 9.17) is 33.4 Å². The van der Waals surface area contributed by atoms with Crippen molar-refractivity contribution >= 4 is 23.5 Å². The van der Waals surface area contributed by atoms with Crippen LogP contribution < -0.4 is 33.9 Å². The maximum atomic E-state index is 14.8. The van der Waals surface area contributed by atoms with Gasteiger partial charge in [0.25, 0.3) is 0 Å². The van der Waals surface area contributed by atoms with Gasteiger partial charge in [-0.25, -0.2) is 14.2 Å². The van der Waals surface area contributed by atoms with Crippen molar-refractivity contribution in [3.63, 3.8) is 0 Å². The number of likely N-dealkylation sites (N-methyl/N-ethyl adjacent to an activating group) is 1. The average molecular weight is 731 g/mol. The summed E-state index contributed by atoms with van der Waals surface area (Å²) in [5.41, 5.74) is 4.19. The number of aromatic nitrogens is 2. The molecular formula is C39H47FN6O7. The summed E-state index contributed by atoms with van der Waals surface area (Å²) in [6.45, 7) is 11.4. The van der Waals surface area contributed by atoms with Crippen LogP contribution in [0.15, 0.2) is 48.7 Å². The van der Waals surface area contributed by atoms with E-state index in [1.807, 2.05) is 32.9 Å². The quantitative estimate of drug-likeness (QED) is 0.154. The molecule has 14 heteroatoms. The molecule has 6 rings (SSSR count). The Morgan fingerprint density at radius 2 is 1.74 bits per heavy atom. The smallest absolute Gasteiger partial charge is 0.421 e. The van der Waals surface area contributed by atoms with Crippen LogP contribution in [0.25, 0.3) is 0 Å². The maximum Gasteiger partial charge on any atom is 0.421 e. The third kappa shape index (κ3) is 9.25. The molecule has 0 spiro atoms. The molecule has 0 aliphatic carbocycles. The number of hydrogen-bond acceptors (Lipinski definition) is 12. The lowest BCUT2D eigenvalue weighted by atomic mass is 10.1. The summed E-state index contributed by atoms with van der Waals surface area (Å²) in [4.78, 5) is 29.3. The Balaban J connectivity index is 1.26. The normalized spacial score (nSPS) is 14.5. The molecule has 3 aromatic carbocycles. The number of aryl methyl sites for hydroxylation is 3. The number of rotatable bonds is 13. The fraction of sp³-hybridized carbons (Fsp3) is 0.410. The number of hydrogen-bond donors (Lipinski definition) is 1. The van der Waals surface area contributed by atoms with Crippen molar-refractivity contribution < 1.29 is 37.6 Å². The molecule has 3 heterocycles. The van der Waals surface area contributed by atoms with Gasteiger partial charge < -0.3 is 43.5 Å². The van der Waals surface area contributed by atoms with Gasteiger partial charge in [-0.2, -0.15) is 4.98 Å². The van der Waals surface area contributed by atoms with Gasteiger partial charge in [-0.15, -0.1) is 0 Å². The Kier molecular flexibility index (Phi) is 12.1. The fourth-order valence-corrected chi connectivity index (χ4v) is 6.59. The lowest BCUT2D eigenvalue weighted by Gasteiger charge is -2.32. The second kappa shape index (κ2) is 17.1. The number of benzene rings is 3. The van der Waals surface area contributed by atoms with Crippen molar-refractivity contribution in [3.05, 3.63) is 82.3 Å². The van der Waals surface area contributed by atoms with Crippen LogP contribution in [0, 0.1) is 26.6 Å². The Hall–Kier alpha value is -5.18. The van der Waals surface area contributed by atoms with Gasteiger partial charge in [-0.05, 0) is 63.6 Å². The van der Waals surface area contributed by atoms with Gasteiger partial charge >= 0.3 is 6.09 Å². The molecule has 0 saturated carbocycles. The van der Waals surface area contributed by atoms with Crippen molar-refractivity contribution in [1.82, 2.24) is 19.8 Å². The van der Waals surface area contributed by atoms with E-state index in [9.17, 15) is 9.18 Å². The number of amides is 1. The summed E-state index contributed by atoms with van der Waals surface area (Å²) in [5, 5.41) is 3.22. The first kappa shape index (κ1) is 37.6. The number of halogens is 1. The summed E-state index contributed by atoms with van der Waals surface area (Å²) in [7, 11) is 5.26. The minimum atomic E-state index is -0.715. The zero-order valence-electron chi connectivity index (χ0n) is 31.2. The molecule has 1 saturated heterocycles. The number of carbonyl (C=O) groups excluding carboxylic acids is 1. The van der Waals surface area contributed by atoms with Crippen molar-refractivity contribution in [2.75, 3.05) is 77.6 Å². The van der Waals surface area contributed by atoms with Crippen molar-refractivity contribution in [2.45, 2.75) is 40.3 Å². The van der Waals surface area contributed by atoms with Gasteiger partial charge in [0.2, 0.25) is 11.7 Å². The summed E-state index contributed by atoms with van der Waals surface area (Å²) in [5.74, 6) is 2.21. The molecular weight excluding hydrogens is 683 g/mol. The van der Waals surface area contributed by atoms with Gasteiger partial charge in [0.15, 0.2) is 18.3 Å². The number of nitrogens with zero attached hydrogens (tertiary/aromatic N) is 5. The highest BCUT2D eigenvalue weighted by molar-refractivity contribution is 5.88. The van der Waals surface area contributed by atoms with E-state index in [1.54, 1.807) is 32.4 Å². The number of ether oxygens (including phenoxy) is 6. The van der Waals surface area contributed by atoms with Crippen LogP contribution in [0.3, 0.4) is 0 Å². The van der Waals surface area contributed by atoms with E-state index in [0.29, 0.717) is 52.2 Å². The molecule has 2 aliphatic heterocycles. The Bertz CT molecular complexity index is 1900. The first-order valence-electron chi connectivity index (χ1n) is 17.6. The lowest BCUT2D eigenvalue weighted by molar-refractivity contribution is -0.0172. The Labute approximate surface area is 309 Å². The summed E-state index contributed by atoms with van der Waals surface area (Å²) in [6, 6.07) is 11.7. The largest absolute Gasteiger partial charge is 0.493 e. The molecule has 1 N–H and O–H groups in total. The zero-order valence-corrected chi connectivity index (χ0v) is 31.2. The summed E-state index contributed by atoms with van der Waals surface area (Å²) < 4.78 is 49.5. The number of carbonyl (C=O) groups is 1. The highest BCUT2D eigenvalue weighted by atomic mass is 19.1. The monoisotopic (exact) mass is 730 g/mol. The van der Waals surface area contributed by atoms with Crippen LogP contribution in [0.2, 0.25) is 0 Å². The minimum absolute atomic E-state index is 0.00664. The molecule has 2 aliphatic rings. The molecule has 1 amide bonds. The number of fused-ring (bicyclic) bond motifs is 1. The third-order valence-electron chi connectivity index (χ3n) is 9.19. The molecule has 4 aromatic rings. The van der Waals surface area contributed by atoms with Crippen LogP contribution in [-0.2, 0) is 17.9 Å². The number of nitrogens with one attached hydrogen (secondary N) is 1. The second-order valence-corrected chi connectivity index (χ2v) is 13.3. The van der Waals surface area contributed by atoms with Crippen molar-refractivity contribution in [3.8, 4) is 28.7 Å². The third-order valence-corrected chi connectivity index (χ3v) is 9.19. The van der Waals surface area contributed by atoms with Crippen molar-refractivity contribution in [2.24, 2.45) is 0 Å². The second-order valence-electron chi connectivity index (χ2n) is 13.3. The zero-order chi connectivity index (χ0) is 37.5. The Morgan fingerprint density at radius 1 is 0.981 bits per heavy atom. The van der Waals surface area contributed by atoms with Gasteiger partial charge in [0, 0.05) is 67.9 Å². The standard InChI is InChI=1S/C39H47FN6O7/c1-25-16-26(2)35(27(3)17-25)53-39(47)46(22-28-18-30(40)19-29-23-50-24-52-36(28)29)34-8-9-41-38(43-34)42-31-20-32(48-5)37(49-6)33(21-31)51-15-7-10-45-13-11-44(4)12-14-45/h8-9,16-21H,7,10-15,22-24H2,1-6H3,(H,41,42,43). The van der Waals surface area contributed by atoms with E-state index in [0.717, 1.165) is 55.8 Å². The molecule has 1 fully saturated rings. The van der Waals surface area contributed by atoms with Gasteiger partial charge in [0.1, 0.15) is 23.1 Å². The highest BCUT2D eigenvalue weighted by Gasteiger charge is 2.26. The number of anilines is 3. The number of methoxy groups -OCH3 is 2. The molecule has 0 radical (unpaired) electrons. The first-order chi connectivity index (χ1) is 25.6. The predicted molar refractivity (Wildman–Crippen MR) is 198 cm³/mol. The summed E-state index contributed by atoms with van der Waals surface area (Å²) >= 11 is 0. The van der Waals surface area contributed by atoms with Crippen LogP contribution in [-0.4, -0.2) is 93.3 Å². The van der Waals surface area contributed by atoms with Crippen LogP contribution in [0.4, 0.5) is 26.6 Å². The van der Waals surface area contributed by atoms with Gasteiger partial charge in [-0.3, -0.25) is 4.90 Å². The van der Waals surface area contributed by atoms with Gasteiger partial charge in [0.05, 0.1) is 34.0 Å². The summed E-state index contributed by atoms with van der Waals surface area (Å²) in [6.07, 6.45) is 1.65. The molecule has 1 aromatic heterocycles. The molecule has 0 bridgehead atoms. The molecule has 53 heavy (non-hydrogen) atoms. The van der Waals surface area contributed by atoms with E-state index in [1.165, 1.54) is 23.2 Å². The topological polar surface area (TPSA) is 120 Å². The maximum absolute atomic E-state index is 14.8. The lowest BCUT2D eigenvalue weighted by Crippen LogP contribution is -2.44. The highest BCUT2D eigenvalue weighted by Crippen LogP contribution is 2.41. The molecule has 282 valence electrons. The van der Waals surface area contributed by atoms with E-state index in [-0.39, 0.29) is 31.7 Å². The van der Waals surface area contributed by atoms with Crippen molar-refractivity contribution in [1.29, 1.82) is 0 Å². The average Bonchev–Trinajstić information content (AvgIpc) is 3.14.